The van der Waals surface area contributed by atoms with Gasteiger partial charge in [-0.3, -0.25) is 25.8 Å². The standard InChI is InChI=1S/C10H12N4O4S/c1-2-18-8-6(9(15)12-13-10(11)19)4-3-5-7(8)14(16)17/h3-5H,2H2,1H3,(H,12,15)(H3,11,13,19). The number of nitro groups is 1. The molecule has 0 saturated carbocycles. The van der Waals surface area contributed by atoms with Crippen LogP contribution in [0.3, 0.4) is 0 Å². The van der Waals surface area contributed by atoms with Crippen LogP contribution < -0.4 is 21.3 Å². The molecule has 0 aliphatic rings. The number of nitrogens with zero attached hydrogens (tertiary/aromatic N) is 1. The molecule has 0 spiro atoms. The van der Waals surface area contributed by atoms with Gasteiger partial charge in [-0.2, -0.15) is 0 Å². The van der Waals surface area contributed by atoms with Crippen molar-refractivity contribution < 1.29 is 14.5 Å². The molecular weight excluding hydrogens is 272 g/mol. The van der Waals surface area contributed by atoms with E-state index in [4.69, 9.17) is 10.5 Å². The van der Waals surface area contributed by atoms with Gasteiger partial charge in [0, 0.05) is 6.07 Å². The number of hydrazine groups is 1. The van der Waals surface area contributed by atoms with E-state index in [-0.39, 0.29) is 28.7 Å². The SMILES string of the molecule is CCOc1c(C(=O)NNC(N)=S)cccc1[N+](=O)[O-]. The average molecular weight is 284 g/mol. The molecule has 8 nitrogen and oxygen atoms in total. The summed E-state index contributed by atoms with van der Waals surface area (Å²) in [5, 5.41) is 10.7. The molecule has 0 bridgehead atoms. The number of rotatable bonds is 4. The Balaban J connectivity index is 3.11. The van der Waals surface area contributed by atoms with Crippen LogP contribution >= 0.6 is 12.2 Å². The number of para-hydroxylation sites is 1. The zero-order chi connectivity index (χ0) is 14.4. The molecule has 0 aliphatic heterocycles. The molecule has 9 heteroatoms. The fourth-order valence-corrected chi connectivity index (χ4v) is 1.38. The Morgan fingerprint density at radius 2 is 2.21 bits per heavy atom. The summed E-state index contributed by atoms with van der Waals surface area (Å²) in [5.41, 5.74) is 9.34. The summed E-state index contributed by atoms with van der Waals surface area (Å²) < 4.78 is 5.16. The van der Waals surface area contributed by atoms with Gasteiger partial charge in [0.2, 0.25) is 5.75 Å². The van der Waals surface area contributed by atoms with Gasteiger partial charge in [0.1, 0.15) is 0 Å². The van der Waals surface area contributed by atoms with Crippen molar-refractivity contribution in [2.45, 2.75) is 6.92 Å². The first-order chi connectivity index (χ1) is 8.97. The summed E-state index contributed by atoms with van der Waals surface area (Å²) in [7, 11) is 0. The minimum absolute atomic E-state index is 0.0137. The van der Waals surface area contributed by atoms with E-state index in [1.807, 2.05) is 0 Å². The van der Waals surface area contributed by atoms with Crippen molar-refractivity contribution in [2.24, 2.45) is 5.73 Å². The maximum Gasteiger partial charge on any atom is 0.311 e. The Bertz CT molecular complexity index is 520. The fraction of sp³-hybridized carbons (Fsp3) is 0.200. The van der Waals surface area contributed by atoms with Crippen LogP contribution in [0.15, 0.2) is 18.2 Å². The normalized spacial score (nSPS) is 9.53. The highest BCUT2D eigenvalue weighted by Crippen LogP contribution is 2.30. The quantitative estimate of drug-likeness (QED) is 0.417. The van der Waals surface area contributed by atoms with E-state index in [1.54, 1.807) is 6.92 Å². The Morgan fingerprint density at radius 1 is 1.53 bits per heavy atom. The predicted octanol–water partition coefficient (Wildman–Crippen LogP) is 0.471. The molecular formula is C10H12N4O4S. The van der Waals surface area contributed by atoms with Crippen molar-refractivity contribution in [3.63, 3.8) is 0 Å². The lowest BCUT2D eigenvalue weighted by Crippen LogP contribution is -2.44. The van der Waals surface area contributed by atoms with Crippen LogP contribution in [0, 0.1) is 10.1 Å². The number of benzene rings is 1. The smallest absolute Gasteiger partial charge is 0.311 e. The molecule has 0 atom stereocenters. The fourth-order valence-electron chi connectivity index (χ4n) is 1.33. The third-order valence-corrected chi connectivity index (χ3v) is 2.13. The Morgan fingerprint density at radius 3 is 2.74 bits per heavy atom. The average Bonchev–Trinajstić information content (AvgIpc) is 2.36. The van der Waals surface area contributed by atoms with E-state index in [2.05, 4.69) is 23.1 Å². The lowest BCUT2D eigenvalue weighted by molar-refractivity contribution is -0.385. The second-order valence-electron chi connectivity index (χ2n) is 3.29. The molecule has 1 amide bonds. The van der Waals surface area contributed by atoms with Crippen molar-refractivity contribution in [2.75, 3.05) is 6.61 Å². The number of carbonyl (C=O) groups is 1. The van der Waals surface area contributed by atoms with Gasteiger partial charge in [0.15, 0.2) is 5.11 Å². The number of ether oxygens (including phenoxy) is 1. The number of carbonyl (C=O) groups excluding carboxylic acids is 1. The zero-order valence-electron chi connectivity index (χ0n) is 10.0. The number of nitrogens with one attached hydrogen (secondary N) is 2. The van der Waals surface area contributed by atoms with E-state index in [1.165, 1.54) is 18.2 Å². The first-order valence-corrected chi connectivity index (χ1v) is 5.64. The van der Waals surface area contributed by atoms with Crippen LogP contribution in [0.4, 0.5) is 5.69 Å². The molecule has 0 heterocycles. The number of thiocarbonyl (C=S) groups is 1. The second-order valence-corrected chi connectivity index (χ2v) is 3.73. The molecule has 0 saturated heterocycles. The van der Waals surface area contributed by atoms with Crippen molar-refractivity contribution >= 4 is 28.9 Å². The number of nitrogens with two attached hydrogens (primary N) is 1. The molecule has 0 aliphatic carbocycles. The number of hydrogen-bond acceptors (Lipinski definition) is 5. The van der Waals surface area contributed by atoms with Gasteiger partial charge >= 0.3 is 5.69 Å². The lowest BCUT2D eigenvalue weighted by Gasteiger charge is -2.11. The van der Waals surface area contributed by atoms with Crippen molar-refractivity contribution in [1.82, 2.24) is 10.9 Å². The summed E-state index contributed by atoms with van der Waals surface area (Å²) in [6.45, 7) is 1.85. The Kier molecular flexibility index (Phi) is 5.01. The number of amides is 1. The van der Waals surface area contributed by atoms with Crippen molar-refractivity contribution in [3.8, 4) is 5.75 Å². The first kappa shape index (κ1) is 14.6. The molecule has 1 aromatic rings. The van der Waals surface area contributed by atoms with Gasteiger partial charge in [-0.1, -0.05) is 6.07 Å². The van der Waals surface area contributed by atoms with Gasteiger partial charge in [0.05, 0.1) is 17.1 Å². The van der Waals surface area contributed by atoms with Gasteiger partial charge in [-0.15, -0.1) is 0 Å². The van der Waals surface area contributed by atoms with E-state index in [0.717, 1.165) is 0 Å². The van der Waals surface area contributed by atoms with Gasteiger partial charge < -0.3 is 10.5 Å². The predicted molar refractivity (Wildman–Crippen MR) is 71.7 cm³/mol. The van der Waals surface area contributed by atoms with Gasteiger partial charge in [-0.25, -0.2) is 0 Å². The molecule has 0 radical (unpaired) electrons. The summed E-state index contributed by atoms with van der Waals surface area (Å²) in [4.78, 5) is 22.1. The molecule has 4 N–H and O–H groups in total. The van der Waals surface area contributed by atoms with Crippen LogP contribution in [-0.4, -0.2) is 22.5 Å². The molecule has 102 valence electrons. The van der Waals surface area contributed by atoms with Crippen LogP contribution in [0.5, 0.6) is 5.75 Å². The monoisotopic (exact) mass is 284 g/mol. The zero-order valence-corrected chi connectivity index (χ0v) is 10.8. The highest BCUT2D eigenvalue weighted by molar-refractivity contribution is 7.80. The number of nitro benzene ring substituents is 1. The first-order valence-electron chi connectivity index (χ1n) is 5.23. The maximum atomic E-state index is 11.8. The van der Waals surface area contributed by atoms with Crippen molar-refractivity contribution in [1.29, 1.82) is 0 Å². The summed E-state index contributed by atoms with van der Waals surface area (Å²) in [6.07, 6.45) is 0. The van der Waals surface area contributed by atoms with E-state index < -0.39 is 10.8 Å². The topological polar surface area (TPSA) is 120 Å². The van der Waals surface area contributed by atoms with E-state index in [0.29, 0.717) is 0 Å². The largest absolute Gasteiger partial charge is 0.487 e. The molecule has 0 fully saturated rings. The molecule has 1 aromatic carbocycles. The molecule has 0 unspecified atom stereocenters. The van der Waals surface area contributed by atoms with E-state index >= 15 is 0 Å². The van der Waals surface area contributed by atoms with E-state index in [9.17, 15) is 14.9 Å². The number of hydrogen-bond donors (Lipinski definition) is 3. The molecule has 1 rings (SSSR count). The van der Waals surface area contributed by atoms with Crippen molar-refractivity contribution in [3.05, 3.63) is 33.9 Å². The maximum absolute atomic E-state index is 11.8. The highest BCUT2D eigenvalue weighted by Gasteiger charge is 2.22. The lowest BCUT2D eigenvalue weighted by atomic mass is 10.1. The second kappa shape index (κ2) is 6.50. The Hall–Kier alpha value is -2.42. The third-order valence-electron chi connectivity index (χ3n) is 2.02. The van der Waals surface area contributed by atoms with Crippen LogP contribution in [-0.2, 0) is 0 Å². The summed E-state index contributed by atoms with van der Waals surface area (Å²) >= 11 is 4.53. The van der Waals surface area contributed by atoms with Gasteiger partial charge in [0.25, 0.3) is 5.91 Å². The summed E-state index contributed by atoms with van der Waals surface area (Å²) in [6, 6.07) is 4.04. The Labute approximate surface area is 114 Å². The molecule has 0 aromatic heterocycles. The van der Waals surface area contributed by atoms with Crippen LogP contribution in [0.25, 0.3) is 0 Å². The third kappa shape index (κ3) is 3.78. The highest BCUT2D eigenvalue weighted by atomic mass is 32.1. The minimum Gasteiger partial charge on any atom is -0.487 e. The minimum atomic E-state index is -0.639. The molecule has 19 heavy (non-hydrogen) atoms. The summed E-state index contributed by atoms with van der Waals surface area (Å²) in [5.74, 6) is -0.739. The van der Waals surface area contributed by atoms with Crippen LogP contribution in [0.2, 0.25) is 0 Å². The van der Waals surface area contributed by atoms with Gasteiger partial charge in [-0.05, 0) is 25.2 Å². The van der Waals surface area contributed by atoms with Crippen LogP contribution in [0.1, 0.15) is 17.3 Å².